The number of esters is 1. The van der Waals surface area contributed by atoms with E-state index in [-0.39, 0.29) is 0 Å². The molecule has 0 aromatic rings. The van der Waals surface area contributed by atoms with Crippen LogP contribution in [0.3, 0.4) is 0 Å². The zero-order valence-electron chi connectivity index (χ0n) is 10.1. The molecule has 0 radical (unpaired) electrons. The first-order valence-electron chi connectivity index (χ1n) is 5.15. The third kappa shape index (κ3) is 3.07. The summed E-state index contributed by atoms with van der Waals surface area (Å²) in [5, 5.41) is 25.3. The number of aliphatic hydroxyl groups excluding tert-OH is 3. The Balaban J connectivity index is 3.03. The van der Waals surface area contributed by atoms with Gasteiger partial charge in [-0.25, -0.2) is 4.79 Å². The van der Waals surface area contributed by atoms with Crippen LogP contribution in [0, 0.1) is 0 Å². The van der Waals surface area contributed by atoms with E-state index in [0.717, 1.165) is 13.8 Å². The molecule has 9 nitrogen and oxygen atoms in total. The molecule has 0 bridgehead atoms. The van der Waals surface area contributed by atoms with Crippen LogP contribution in [-0.2, 0) is 18.8 Å². The van der Waals surface area contributed by atoms with Crippen LogP contribution in [-0.4, -0.2) is 45.4 Å². The van der Waals surface area contributed by atoms with Crippen molar-refractivity contribution >= 4 is 13.6 Å². The van der Waals surface area contributed by atoms with Gasteiger partial charge in [0.05, 0.1) is 6.61 Å². The van der Waals surface area contributed by atoms with Gasteiger partial charge in [-0.3, -0.25) is 0 Å². The number of carbonyl (C=O) groups is 1. The quantitative estimate of drug-likeness (QED) is 0.374. The molecule has 110 valence electrons. The molecule has 1 rings (SSSR count). The first kappa shape index (κ1) is 15.9. The third-order valence-corrected chi connectivity index (χ3v) is 3.88. The highest BCUT2D eigenvalue weighted by atomic mass is 31.2. The van der Waals surface area contributed by atoms with Crippen LogP contribution in [0.25, 0.3) is 0 Å². The lowest BCUT2D eigenvalue weighted by molar-refractivity contribution is -0.328. The standard InChI is InChI=1S/C9H15O9P/c1-9(2,19(14,15)16)18-7-5(12)6(4(11)3-10)17-8(7)13/h4,6,10-12H,3H2,1-2H3,(H2,14,15,16)/p-2/t4-,6+/m0/s1. The third-order valence-electron chi connectivity index (χ3n) is 2.47. The van der Waals surface area contributed by atoms with Gasteiger partial charge < -0.3 is 39.1 Å². The lowest BCUT2D eigenvalue weighted by Gasteiger charge is -2.44. The molecule has 0 unspecified atom stereocenters. The molecule has 1 aliphatic rings. The minimum Gasteiger partial charge on any atom is -0.808 e. The number of rotatable bonds is 5. The molecule has 0 aromatic carbocycles. The maximum Gasteiger partial charge on any atom is 0.378 e. The van der Waals surface area contributed by atoms with Crippen LogP contribution in [0.1, 0.15) is 13.8 Å². The summed E-state index contributed by atoms with van der Waals surface area (Å²) in [6, 6.07) is 0. The van der Waals surface area contributed by atoms with Gasteiger partial charge in [0.2, 0.25) is 5.76 Å². The highest BCUT2D eigenvalue weighted by molar-refractivity contribution is 7.50. The van der Waals surface area contributed by atoms with Gasteiger partial charge >= 0.3 is 5.97 Å². The number of ether oxygens (including phenoxy) is 2. The highest BCUT2D eigenvalue weighted by Gasteiger charge is 2.43. The van der Waals surface area contributed by atoms with Gasteiger partial charge in [-0.2, -0.15) is 0 Å². The number of cyclic esters (lactones) is 1. The van der Waals surface area contributed by atoms with Crippen molar-refractivity contribution in [3.63, 3.8) is 0 Å². The predicted octanol–water partition coefficient (Wildman–Crippen LogP) is -2.30. The zero-order valence-corrected chi connectivity index (χ0v) is 11.0. The van der Waals surface area contributed by atoms with Crippen LogP contribution in [0.2, 0.25) is 0 Å². The molecular formula is C9H13O9P-2. The lowest BCUT2D eigenvalue weighted by atomic mass is 10.2. The van der Waals surface area contributed by atoms with Gasteiger partial charge in [0.15, 0.2) is 11.9 Å². The molecule has 0 aromatic heterocycles. The molecule has 10 heteroatoms. The average Bonchev–Trinajstić information content (AvgIpc) is 2.54. The smallest absolute Gasteiger partial charge is 0.378 e. The summed E-state index contributed by atoms with van der Waals surface area (Å²) in [5.74, 6) is -3.00. The van der Waals surface area contributed by atoms with Crippen molar-refractivity contribution in [2.24, 2.45) is 0 Å². The van der Waals surface area contributed by atoms with Crippen molar-refractivity contribution in [1.82, 2.24) is 0 Å². The van der Waals surface area contributed by atoms with Crippen molar-refractivity contribution in [2.45, 2.75) is 31.4 Å². The lowest BCUT2D eigenvalue weighted by Crippen LogP contribution is -2.37. The number of aliphatic hydroxyl groups is 3. The normalized spacial score (nSPS) is 22.4. The topological polar surface area (TPSA) is 159 Å². The summed E-state index contributed by atoms with van der Waals surface area (Å²) in [5.41, 5.74) is 0. The summed E-state index contributed by atoms with van der Waals surface area (Å²) in [6.07, 6.45) is -3.17. The summed E-state index contributed by atoms with van der Waals surface area (Å²) in [4.78, 5) is 33.2. The molecule has 0 aliphatic carbocycles. The van der Waals surface area contributed by atoms with Crippen LogP contribution in [0.15, 0.2) is 11.5 Å². The average molecular weight is 296 g/mol. The Hall–Kier alpha value is -1.12. The summed E-state index contributed by atoms with van der Waals surface area (Å²) in [7, 11) is -5.21. The van der Waals surface area contributed by atoms with Crippen molar-refractivity contribution in [2.75, 3.05) is 6.61 Å². The monoisotopic (exact) mass is 296 g/mol. The Morgan fingerprint density at radius 2 is 2.05 bits per heavy atom. The SMILES string of the molecule is CC(C)(OC1=C(O)[C@@H]([C@@H](O)CO)OC1=O)P(=O)([O-])[O-]. The fourth-order valence-corrected chi connectivity index (χ4v) is 1.42. The van der Waals surface area contributed by atoms with E-state index in [9.17, 15) is 29.4 Å². The minimum atomic E-state index is -5.21. The van der Waals surface area contributed by atoms with E-state index < -0.39 is 49.2 Å². The second-order valence-corrected chi connectivity index (χ2v) is 6.41. The second-order valence-electron chi connectivity index (χ2n) is 4.34. The Morgan fingerprint density at radius 1 is 1.53 bits per heavy atom. The minimum absolute atomic E-state index is 0.805. The summed E-state index contributed by atoms with van der Waals surface area (Å²) in [6.45, 7) is 0.995. The molecule has 0 fully saturated rings. The molecule has 0 saturated carbocycles. The van der Waals surface area contributed by atoms with Crippen molar-refractivity contribution in [3.8, 4) is 0 Å². The molecule has 1 aliphatic heterocycles. The first-order chi connectivity index (χ1) is 8.51. The molecule has 2 atom stereocenters. The van der Waals surface area contributed by atoms with Crippen molar-refractivity contribution in [1.29, 1.82) is 0 Å². The van der Waals surface area contributed by atoms with Gasteiger partial charge in [-0.05, 0) is 21.4 Å². The number of carbonyl (C=O) groups excluding carboxylic acids is 1. The van der Waals surface area contributed by atoms with Gasteiger partial charge in [-0.1, -0.05) is 0 Å². The summed E-state index contributed by atoms with van der Waals surface area (Å²) < 4.78 is 20.1. The number of hydrogen-bond donors (Lipinski definition) is 3. The van der Waals surface area contributed by atoms with Crippen LogP contribution in [0.5, 0.6) is 0 Å². The van der Waals surface area contributed by atoms with Crippen LogP contribution < -0.4 is 9.79 Å². The molecule has 0 spiro atoms. The number of hydrogen-bond acceptors (Lipinski definition) is 9. The van der Waals surface area contributed by atoms with E-state index in [1.165, 1.54) is 0 Å². The highest BCUT2D eigenvalue weighted by Crippen LogP contribution is 2.45. The Labute approximate surface area is 108 Å². The maximum atomic E-state index is 11.4. The second kappa shape index (κ2) is 5.10. The fourth-order valence-electron chi connectivity index (χ4n) is 1.21. The van der Waals surface area contributed by atoms with Crippen LogP contribution >= 0.6 is 7.60 Å². The zero-order chi connectivity index (χ0) is 15.0. The molecular weight excluding hydrogens is 283 g/mol. The molecule has 19 heavy (non-hydrogen) atoms. The molecule has 0 amide bonds. The van der Waals surface area contributed by atoms with E-state index in [1.54, 1.807) is 0 Å². The van der Waals surface area contributed by atoms with E-state index in [2.05, 4.69) is 9.47 Å². The Morgan fingerprint density at radius 3 is 2.47 bits per heavy atom. The van der Waals surface area contributed by atoms with Gasteiger partial charge in [0.25, 0.3) is 0 Å². The van der Waals surface area contributed by atoms with Gasteiger partial charge in [-0.15, -0.1) is 0 Å². The van der Waals surface area contributed by atoms with E-state index in [1.807, 2.05) is 0 Å². The Kier molecular flexibility index (Phi) is 4.28. The predicted molar refractivity (Wildman–Crippen MR) is 55.4 cm³/mol. The van der Waals surface area contributed by atoms with Gasteiger partial charge in [0.1, 0.15) is 11.4 Å². The van der Waals surface area contributed by atoms with Crippen molar-refractivity contribution in [3.05, 3.63) is 11.5 Å². The molecule has 0 saturated heterocycles. The van der Waals surface area contributed by atoms with Gasteiger partial charge in [0, 0.05) is 0 Å². The Bertz CT molecular complexity index is 449. The maximum absolute atomic E-state index is 11.4. The molecule has 1 heterocycles. The van der Waals surface area contributed by atoms with E-state index in [4.69, 9.17) is 5.11 Å². The summed E-state index contributed by atoms with van der Waals surface area (Å²) >= 11 is 0. The van der Waals surface area contributed by atoms with E-state index >= 15 is 0 Å². The fraction of sp³-hybridized carbons (Fsp3) is 0.667. The largest absolute Gasteiger partial charge is 0.808 e. The van der Waals surface area contributed by atoms with E-state index in [0.29, 0.717) is 0 Å². The van der Waals surface area contributed by atoms with Crippen molar-refractivity contribution < 1.29 is 43.9 Å². The molecule has 3 N–H and O–H groups in total. The first-order valence-corrected chi connectivity index (χ1v) is 6.69. The van der Waals surface area contributed by atoms with Crippen LogP contribution in [0.4, 0.5) is 0 Å².